The summed E-state index contributed by atoms with van der Waals surface area (Å²) in [5, 5.41) is 8.79. The molecule has 102 valence electrons. The smallest absolute Gasteiger partial charge is 0.310 e. The van der Waals surface area contributed by atoms with Gasteiger partial charge in [0.15, 0.2) is 0 Å². The number of esters is 1. The van der Waals surface area contributed by atoms with E-state index in [1.165, 1.54) is 0 Å². The molecule has 3 N–H and O–H groups in total. The lowest BCUT2D eigenvalue weighted by atomic mass is 9.67. The second kappa shape index (κ2) is 5.83. The number of rotatable bonds is 4. The summed E-state index contributed by atoms with van der Waals surface area (Å²) in [6.45, 7) is 12.0. The molecule has 1 atom stereocenters. The van der Waals surface area contributed by atoms with Crippen LogP contribution in [0.5, 0.6) is 0 Å². The van der Waals surface area contributed by atoms with Crippen molar-refractivity contribution in [3.05, 3.63) is 0 Å². The zero-order chi connectivity index (χ0) is 13.9. The summed E-state index contributed by atoms with van der Waals surface area (Å²) in [4.78, 5) is 12.1. The van der Waals surface area contributed by atoms with Crippen LogP contribution in [-0.2, 0) is 9.53 Å². The number of ether oxygens (including phenoxy) is 1. The van der Waals surface area contributed by atoms with Gasteiger partial charge in [-0.3, -0.25) is 4.79 Å². The van der Waals surface area contributed by atoms with E-state index < -0.39 is 6.04 Å². The maximum atomic E-state index is 12.1. The van der Waals surface area contributed by atoms with Gasteiger partial charge in [0, 0.05) is 0 Å². The number of hydrogen-bond donors (Lipinski definition) is 2. The molecule has 17 heavy (non-hydrogen) atoms. The fourth-order valence-corrected chi connectivity index (χ4v) is 2.33. The largest absolute Gasteiger partial charge is 0.464 e. The fourth-order valence-electron chi connectivity index (χ4n) is 2.33. The van der Waals surface area contributed by atoms with Gasteiger partial charge >= 0.3 is 5.97 Å². The van der Waals surface area contributed by atoms with E-state index in [0.29, 0.717) is 0 Å². The quantitative estimate of drug-likeness (QED) is 0.737. The average molecular weight is 245 g/mol. The number of carbonyl (C=O) groups is 1. The molecule has 0 spiro atoms. The summed E-state index contributed by atoms with van der Waals surface area (Å²) in [5.41, 5.74) is 5.18. The minimum Gasteiger partial charge on any atom is -0.464 e. The predicted molar refractivity (Wildman–Crippen MR) is 68.4 cm³/mol. The van der Waals surface area contributed by atoms with Gasteiger partial charge in [-0.15, -0.1) is 0 Å². The highest BCUT2D eigenvalue weighted by Crippen LogP contribution is 2.40. The molecular formula is C13H27NO3. The fraction of sp³-hybridized carbons (Fsp3) is 0.923. The lowest BCUT2D eigenvalue weighted by molar-refractivity contribution is -0.158. The second-order valence-electron chi connectivity index (χ2n) is 6.74. The number of carbonyl (C=O) groups excluding carboxylic acids is 1. The molecular weight excluding hydrogens is 218 g/mol. The average Bonchev–Trinajstić information content (AvgIpc) is 2.09. The Labute approximate surface area is 105 Å². The Kier molecular flexibility index (Phi) is 5.62. The summed E-state index contributed by atoms with van der Waals surface area (Å²) >= 11 is 0. The summed E-state index contributed by atoms with van der Waals surface area (Å²) in [7, 11) is 0. The van der Waals surface area contributed by atoms with Crippen LogP contribution >= 0.6 is 0 Å². The minimum atomic E-state index is -0.500. The molecule has 4 nitrogen and oxygen atoms in total. The van der Waals surface area contributed by atoms with E-state index in [2.05, 4.69) is 0 Å². The van der Waals surface area contributed by atoms with Crippen LogP contribution in [0.1, 0.15) is 41.5 Å². The molecule has 0 saturated heterocycles. The first kappa shape index (κ1) is 16.4. The van der Waals surface area contributed by atoms with Crippen molar-refractivity contribution in [2.45, 2.75) is 47.6 Å². The zero-order valence-electron chi connectivity index (χ0n) is 11.9. The van der Waals surface area contributed by atoms with Crippen molar-refractivity contribution in [2.24, 2.45) is 22.5 Å². The molecule has 0 aliphatic carbocycles. The SMILES string of the molecule is CC(C)(C)C(C(=O)OCC(N)CO)C(C)(C)C. The summed E-state index contributed by atoms with van der Waals surface area (Å²) in [6, 6.07) is -0.500. The molecule has 0 aromatic carbocycles. The molecule has 0 aromatic rings. The molecule has 0 bridgehead atoms. The summed E-state index contributed by atoms with van der Waals surface area (Å²) < 4.78 is 5.19. The number of hydrogen-bond acceptors (Lipinski definition) is 4. The Hall–Kier alpha value is -0.610. The topological polar surface area (TPSA) is 72.5 Å². The highest BCUT2D eigenvalue weighted by Gasteiger charge is 2.41. The monoisotopic (exact) mass is 245 g/mol. The first-order valence-corrected chi connectivity index (χ1v) is 6.03. The van der Waals surface area contributed by atoms with Crippen molar-refractivity contribution in [3.63, 3.8) is 0 Å². The van der Waals surface area contributed by atoms with Crippen molar-refractivity contribution in [1.29, 1.82) is 0 Å². The Bertz CT molecular complexity index is 236. The van der Waals surface area contributed by atoms with Crippen molar-refractivity contribution in [2.75, 3.05) is 13.2 Å². The van der Waals surface area contributed by atoms with Crippen LogP contribution in [0.3, 0.4) is 0 Å². The first-order valence-electron chi connectivity index (χ1n) is 6.03. The minimum absolute atomic E-state index is 0.0675. The van der Waals surface area contributed by atoms with Crippen molar-refractivity contribution in [3.8, 4) is 0 Å². The van der Waals surface area contributed by atoms with Gasteiger partial charge in [-0.25, -0.2) is 0 Å². The summed E-state index contributed by atoms with van der Waals surface area (Å²) in [6.07, 6.45) is 0. The van der Waals surface area contributed by atoms with E-state index in [1.807, 2.05) is 41.5 Å². The molecule has 0 aliphatic rings. The molecule has 0 heterocycles. The van der Waals surface area contributed by atoms with Crippen molar-refractivity contribution < 1.29 is 14.6 Å². The van der Waals surface area contributed by atoms with Gasteiger partial charge in [0.25, 0.3) is 0 Å². The van der Waals surface area contributed by atoms with Crippen LogP contribution in [-0.4, -0.2) is 30.3 Å². The Morgan fingerprint density at radius 2 is 1.59 bits per heavy atom. The van der Waals surface area contributed by atoms with Gasteiger partial charge in [-0.2, -0.15) is 0 Å². The maximum absolute atomic E-state index is 12.1. The number of aliphatic hydroxyl groups excluding tert-OH is 1. The number of aliphatic hydroxyl groups is 1. The lowest BCUT2D eigenvalue weighted by Crippen LogP contribution is -2.42. The molecule has 0 aromatic heterocycles. The normalized spacial score (nSPS) is 14.9. The van der Waals surface area contributed by atoms with Gasteiger partial charge in [-0.05, 0) is 10.8 Å². The molecule has 1 unspecified atom stereocenters. The van der Waals surface area contributed by atoms with E-state index in [9.17, 15) is 4.79 Å². The highest BCUT2D eigenvalue weighted by atomic mass is 16.5. The van der Waals surface area contributed by atoms with Gasteiger partial charge < -0.3 is 15.6 Å². The van der Waals surface area contributed by atoms with Gasteiger partial charge in [0.1, 0.15) is 6.61 Å². The third kappa shape index (κ3) is 5.50. The van der Waals surface area contributed by atoms with Crippen LogP contribution in [0, 0.1) is 16.7 Å². The van der Waals surface area contributed by atoms with E-state index in [0.717, 1.165) is 0 Å². The standard InChI is InChI=1S/C13H27NO3/c1-12(2,3)10(13(4,5)6)11(16)17-8-9(14)7-15/h9-10,15H,7-8,14H2,1-6H3. The van der Waals surface area contributed by atoms with Crippen LogP contribution < -0.4 is 5.73 Å². The van der Waals surface area contributed by atoms with E-state index in [4.69, 9.17) is 15.6 Å². The van der Waals surface area contributed by atoms with E-state index in [-0.39, 0.29) is 35.9 Å². The Balaban J connectivity index is 4.69. The Morgan fingerprint density at radius 3 is 1.88 bits per heavy atom. The summed E-state index contributed by atoms with van der Waals surface area (Å²) in [5.74, 6) is -0.449. The molecule has 0 amide bonds. The third-order valence-electron chi connectivity index (χ3n) is 2.64. The second-order valence-corrected chi connectivity index (χ2v) is 6.74. The van der Waals surface area contributed by atoms with Gasteiger partial charge in [-0.1, -0.05) is 41.5 Å². The Morgan fingerprint density at radius 1 is 1.18 bits per heavy atom. The van der Waals surface area contributed by atoms with Gasteiger partial charge in [0.05, 0.1) is 18.6 Å². The molecule has 4 heteroatoms. The van der Waals surface area contributed by atoms with Gasteiger partial charge in [0.2, 0.25) is 0 Å². The lowest BCUT2D eigenvalue weighted by Gasteiger charge is -2.38. The van der Waals surface area contributed by atoms with Crippen LogP contribution in [0.15, 0.2) is 0 Å². The zero-order valence-corrected chi connectivity index (χ0v) is 11.9. The molecule has 0 aliphatic heterocycles. The van der Waals surface area contributed by atoms with Crippen molar-refractivity contribution in [1.82, 2.24) is 0 Å². The van der Waals surface area contributed by atoms with Crippen LogP contribution in [0.4, 0.5) is 0 Å². The van der Waals surface area contributed by atoms with E-state index in [1.54, 1.807) is 0 Å². The maximum Gasteiger partial charge on any atom is 0.310 e. The molecule has 0 rings (SSSR count). The van der Waals surface area contributed by atoms with Crippen LogP contribution in [0.25, 0.3) is 0 Å². The van der Waals surface area contributed by atoms with Crippen molar-refractivity contribution >= 4 is 5.97 Å². The molecule has 0 fully saturated rings. The van der Waals surface area contributed by atoms with Crippen LogP contribution in [0.2, 0.25) is 0 Å². The van der Waals surface area contributed by atoms with E-state index >= 15 is 0 Å². The first-order chi connectivity index (χ1) is 7.50. The number of nitrogens with two attached hydrogens (primary N) is 1. The highest BCUT2D eigenvalue weighted by molar-refractivity contribution is 5.74. The third-order valence-corrected chi connectivity index (χ3v) is 2.64. The predicted octanol–water partition coefficient (Wildman–Crippen LogP) is 1.56. The molecule has 0 saturated carbocycles. The molecule has 0 radical (unpaired) electrons.